The molecule has 3 N–H and O–H groups in total. The summed E-state index contributed by atoms with van der Waals surface area (Å²) in [7, 11) is 0. The van der Waals surface area contributed by atoms with Gasteiger partial charge in [-0.3, -0.25) is 24.1 Å². The first-order valence-corrected chi connectivity index (χ1v) is 24.2. The minimum absolute atomic E-state index is 0.0249. The molecule has 71 heavy (non-hydrogen) atoms. The topological polar surface area (TPSA) is 177 Å². The van der Waals surface area contributed by atoms with E-state index in [0.29, 0.717) is 36.6 Å². The standard InChI is InChI=1S/C52H54F3N7O7S2/c1-31-43(71-30-58-31)33-15-13-32(14-16-33)28-57-46(65)41-26-37(63)29-60(41)47(66)44(50(2,3)4)59-45(64)39-11-7-8-12-42(39)69-24-10-9-23-68-38-21-19-35(20-22-38)62-49(70)61(48(67)51(62,5)6)36-18-17-34(27-56)40(25-36)52(53,54)55/h7-8,11-22,25,30,37,41,44,63H,9-10,23-24,26,28-29H2,1-6H3,(H,57,65)(H,59,64)/t37-,41+,44-/m1/s1. The molecule has 0 spiro atoms. The molecule has 4 aromatic carbocycles. The summed E-state index contributed by atoms with van der Waals surface area (Å²) >= 11 is 7.20. The number of nitrogens with one attached hydrogen (secondary N) is 2. The van der Waals surface area contributed by atoms with E-state index < -0.39 is 70.1 Å². The van der Waals surface area contributed by atoms with Gasteiger partial charge in [-0.05, 0) is 117 Å². The first-order valence-electron chi connectivity index (χ1n) is 22.9. The number of ether oxygens (including phenoxy) is 2. The number of carbonyl (C=O) groups excluding carboxylic acids is 4. The number of thiocarbonyl (C=S) groups is 1. The summed E-state index contributed by atoms with van der Waals surface area (Å²) in [6.07, 6.45) is -4.56. The lowest BCUT2D eigenvalue weighted by Gasteiger charge is -2.35. The second-order valence-corrected chi connectivity index (χ2v) is 20.1. The molecule has 372 valence electrons. The number of aliphatic hydroxyl groups is 1. The zero-order valence-corrected chi connectivity index (χ0v) is 41.6. The van der Waals surface area contributed by atoms with Crippen molar-refractivity contribution in [2.75, 3.05) is 29.6 Å². The summed E-state index contributed by atoms with van der Waals surface area (Å²) in [4.78, 5) is 64.7. The Kier molecular flexibility index (Phi) is 15.5. The molecule has 0 saturated carbocycles. The Morgan fingerprint density at radius 3 is 2.27 bits per heavy atom. The summed E-state index contributed by atoms with van der Waals surface area (Å²) in [6, 6.07) is 23.8. The largest absolute Gasteiger partial charge is 0.494 e. The molecule has 5 aromatic rings. The van der Waals surface area contributed by atoms with Gasteiger partial charge < -0.3 is 35.0 Å². The Morgan fingerprint density at radius 1 is 0.972 bits per heavy atom. The lowest BCUT2D eigenvalue weighted by Crippen LogP contribution is -2.57. The molecule has 3 atom stereocenters. The van der Waals surface area contributed by atoms with Crippen molar-refractivity contribution in [1.29, 1.82) is 5.26 Å². The lowest BCUT2D eigenvalue weighted by atomic mass is 9.85. The number of β-amino-alcohol motifs (C(OH)–C–C–N with tert-alkyl or cyclic N) is 1. The number of aromatic nitrogens is 1. The Hall–Kier alpha value is -6.88. The van der Waals surface area contributed by atoms with Crippen LogP contribution in [0, 0.1) is 23.7 Å². The fraction of sp³-hybridized carbons (Fsp3) is 0.365. The number of likely N-dealkylation sites (tertiary alicyclic amines) is 1. The van der Waals surface area contributed by atoms with Gasteiger partial charge in [-0.15, -0.1) is 11.3 Å². The van der Waals surface area contributed by atoms with E-state index >= 15 is 0 Å². The molecule has 4 amide bonds. The van der Waals surface area contributed by atoms with E-state index in [4.69, 9.17) is 21.7 Å². The molecular formula is C52H54F3N7O7S2. The molecule has 2 saturated heterocycles. The first-order chi connectivity index (χ1) is 33.6. The third-order valence-electron chi connectivity index (χ3n) is 12.3. The smallest absolute Gasteiger partial charge is 0.417 e. The van der Waals surface area contributed by atoms with Crippen molar-refractivity contribution in [3.8, 4) is 28.0 Å². The van der Waals surface area contributed by atoms with Crippen LogP contribution >= 0.6 is 23.6 Å². The van der Waals surface area contributed by atoms with Gasteiger partial charge >= 0.3 is 6.18 Å². The van der Waals surface area contributed by atoms with Gasteiger partial charge in [0, 0.05) is 25.2 Å². The highest BCUT2D eigenvalue weighted by molar-refractivity contribution is 7.81. The van der Waals surface area contributed by atoms with Crippen LogP contribution < -0.4 is 29.9 Å². The molecule has 0 unspecified atom stereocenters. The second kappa shape index (κ2) is 21.2. The quantitative estimate of drug-likeness (QED) is 0.0637. The van der Waals surface area contributed by atoms with E-state index in [0.717, 1.165) is 38.7 Å². The number of para-hydroxylation sites is 1. The maximum Gasteiger partial charge on any atom is 0.417 e. The molecule has 2 fully saturated rings. The van der Waals surface area contributed by atoms with Gasteiger partial charge in [0.15, 0.2) is 5.11 Å². The fourth-order valence-electron chi connectivity index (χ4n) is 8.50. The van der Waals surface area contributed by atoms with Crippen molar-refractivity contribution in [2.24, 2.45) is 5.41 Å². The minimum atomic E-state index is -4.82. The normalized spacial score (nSPS) is 17.2. The van der Waals surface area contributed by atoms with E-state index in [1.165, 1.54) is 11.0 Å². The number of halogens is 3. The summed E-state index contributed by atoms with van der Waals surface area (Å²) in [5.41, 5.74) is 1.49. The van der Waals surface area contributed by atoms with Gasteiger partial charge in [0.1, 0.15) is 29.1 Å². The van der Waals surface area contributed by atoms with Gasteiger partial charge in [0.2, 0.25) is 11.8 Å². The van der Waals surface area contributed by atoms with Crippen LogP contribution in [-0.4, -0.2) is 87.2 Å². The van der Waals surface area contributed by atoms with Crippen molar-refractivity contribution in [3.05, 3.63) is 124 Å². The Labute approximate surface area is 419 Å². The van der Waals surface area contributed by atoms with E-state index in [1.807, 2.05) is 52.0 Å². The van der Waals surface area contributed by atoms with E-state index in [1.54, 1.807) is 90.2 Å². The molecule has 14 nitrogen and oxygen atoms in total. The number of amides is 4. The second-order valence-electron chi connectivity index (χ2n) is 18.9. The Morgan fingerprint density at radius 2 is 1.63 bits per heavy atom. The van der Waals surface area contributed by atoms with Crippen molar-refractivity contribution in [1.82, 2.24) is 20.5 Å². The number of nitrogens with zero attached hydrogens (tertiary/aromatic N) is 5. The van der Waals surface area contributed by atoms with Crippen LogP contribution in [0.1, 0.15) is 86.6 Å². The molecule has 0 aliphatic carbocycles. The number of alkyl halides is 3. The number of thiazole rings is 1. The predicted octanol–water partition coefficient (Wildman–Crippen LogP) is 8.59. The SMILES string of the molecule is Cc1ncsc1-c1ccc(CNC(=O)[C@@H]2C[C@@H](O)CN2C(=O)[C@@H](NC(=O)c2ccccc2OCCCCOc2ccc(N3C(=S)N(c4ccc(C#N)c(C(F)(F)F)c4)C(=O)C3(C)C)cc2)C(C)(C)C)cc1. The van der Waals surface area contributed by atoms with Gasteiger partial charge in [0.05, 0.1) is 63.8 Å². The van der Waals surface area contributed by atoms with Crippen LogP contribution in [0.15, 0.2) is 96.5 Å². The fourth-order valence-corrected chi connectivity index (χ4v) is 9.83. The van der Waals surface area contributed by atoms with Gasteiger partial charge in [-0.25, -0.2) is 4.98 Å². The maximum atomic E-state index is 14.3. The third-order valence-corrected chi connectivity index (χ3v) is 13.7. The van der Waals surface area contributed by atoms with Crippen LogP contribution in [0.2, 0.25) is 0 Å². The Balaban J connectivity index is 0.906. The zero-order valence-electron chi connectivity index (χ0n) is 40.0. The first kappa shape index (κ1) is 52.0. The monoisotopic (exact) mass is 1010 g/mol. The summed E-state index contributed by atoms with van der Waals surface area (Å²) in [5, 5.41) is 25.7. The highest BCUT2D eigenvalue weighted by Gasteiger charge is 2.51. The van der Waals surface area contributed by atoms with Gasteiger partial charge in [-0.1, -0.05) is 57.2 Å². The summed E-state index contributed by atoms with van der Waals surface area (Å²) < 4.78 is 53.3. The number of carbonyl (C=O) groups is 4. The number of aryl methyl sites for hydroxylation is 1. The summed E-state index contributed by atoms with van der Waals surface area (Å²) in [6.45, 7) is 11.3. The van der Waals surface area contributed by atoms with E-state index in [2.05, 4.69) is 15.6 Å². The number of hydrogen-bond acceptors (Lipinski definition) is 11. The number of hydrogen-bond donors (Lipinski definition) is 3. The van der Waals surface area contributed by atoms with Crippen molar-refractivity contribution < 1.29 is 46.9 Å². The molecule has 7 rings (SSSR count). The molecule has 0 radical (unpaired) electrons. The number of aliphatic hydroxyl groups excluding tert-OH is 1. The van der Waals surface area contributed by atoms with Gasteiger partial charge in [0.25, 0.3) is 11.8 Å². The highest BCUT2D eigenvalue weighted by Crippen LogP contribution is 2.40. The van der Waals surface area contributed by atoms with E-state index in [9.17, 15) is 42.7 Å². The summed E-state index contributed by atoms with van der Waals surface area (Å²) in [5.74, 6) is -1.15. The van der Waals surface area contributed by atoms with E-state index in [-0.39, 0.29) is 42.5 Å². The number of unbranched alkanes of at least 4 members (excludes halogenated alkanes) is 1. The number of anilines is 2. The minimum Gasteiger partial charge on any atom is -0.494 e. The Bertz CT molecular complexity index is 2840. The molecule has 3 heterocycles. The lowest BCUT2D eigenvalue weighted by molar-refractivity contribution is -0.142. The molecule has 2 aliphatic rings. The maximum absolute atomic E-state index is 14.3. The molecule has 1 aromatic heterocycles. The molecule has 2 aliphatic heterocycles. The molecule has 0 bridgehead atoms. The molecular weight excluding hydrogens is 956 g/mol. The number of rotatable bonds is 16. The zero-order chi connectivity index (χ0) is 51.4. The van der Waals surface area contributed by atoms with Crippen LogP contribution in [0.25, 0.3) is 10.4 Å². The highest BCUT2D eigenvalue weighted by atomic mass is 32.1. The van der Waals surface area contributed by atoms with Gasteiger partial charge in [-0.2, -0.15) is 18.4 Å². The van der Waals surface area contributed by atoms with Crippen molar-refractivity contribution >= 4 is 63.7 Å². The average molecular weight is 1010 g/mol. The van der Waals surface area contributed by atoms with Crippen LogP contribution in [0.3, 0.4) is 0 Å². The van der Waals surface area contributed by atoms with Crippen molar-refractivity contribution in [2.45, 2.75) is 97.3 Å². The van der Waals surface area contributed by atoms with Crippen LogP contribution in [-0.2, 0) is 27.1 Å². The van der Waals surface area contributed by atoms with Crippen LogP contribution in [0.5, 0.6) is 11.5 Å². The predicted molar refractivity (Wildman–Crippen MR) is 267 cm³/mol. The average Bonchev–Trinajstić information content (AvgIpc) is 4.00. The number of benzene rings is 4. The molecule has 19 heteroatoms. The third kappa shape index (κ3) is 11.5. The van der Waals surface area contributed by atoms with Crippen LogP contribution in [0.4, 0.5) is 24.5 Å². The van der Waals surface area contributed by atoms with Crippen molar-refractivity contribution in [3.63, 3.8) is 0 Å². The number of nitriles is 1.